The first-order chi connectivity index (χ1) is 11.4. The molecule has 6 heteroatoms. The molecule has 0 bridgehead atoms. The summed E-state index contributed by atoms with van der Waals surface area (Å²) >= 11 is 0. The highest BCUT2D eigenvalue weighted by Crippen LogP contribution is 2.27. The molecule has 2 rings (SSSR count). The van der Waals surface area contributed by atoms with E-state index in [0.29, 0.717) is 25.8 Å². The minimum absolute atomic E-state index is 0.000639. The number of amides is 1. The van der Waals surface area contributed by atoms with Gasteiger partial charge in [0, 0.05) is 18.7 Å². The van der Waals surface area contributed by atoms with Gasteiger partial charge in [-0.1, -0.05) is 12.1 Å². The largest absolute Gasteiger partial charge is 0.326 e. The van der Waals surface area contributed by atoms with Crippen LogP contribution < -0.4 is 10.0 Å². The van der Waals surface area contributed by atoms with Gasteiger partial charge in [0.05, 0.1) is 5.25 Å². The minimum atomic E-state index is -3.21. The van der Waals surface area contributed by atoms with Crippen LogP contribution in [0.4, 0.5) is 5.69 Å². The lowest BCUT2D eigenvalue weighted by atomic mass is 9.90. The topological polar surface area (TPSA) is 75.3 Å². The molecule has 1 amide bonds. The van der Waals surface area contributed by atoms with Crippen LogP contribution in [0.15, 0.2) is 18.2 Å². The molecule has 1 aliphatic rings. The van der Waals surface area contributed by atoms with E-state index in [1.165, 1.54) is 24.0 Å². The average Bonchev–Trinajstić information content (AvgIpc) is 2.54. The summed E-state index contributed by atoms with van der Waals surface area (Å²) in [5.41, 5.74) is 3.57. The maximum atomic E-state index is 12.1. The Bertz CT molecular complexity index is 669. The predicted octanol–water partition coefficient (Wildman–Crippen LogP) is 3.00. The van der Waals surface area contributed by atoms with E-state index in [1.54, 1.807) is 13.8 Å². The van der Waals surface area contributed by atoms with Crippen LogP contribution in [0.3, 0.4) is 0 Å². The highest BCUT2D eigenvalue weighted by molar-refractivity contribution is 7.90. The van der Waals surface area contributed by atoms with Crippen molar-refractivity contribution in [2.75, 3.05) is 11.9 Å². The summed E-state index contributed by atoms with van der Waals surface area (Å²) in [5, 5.41) is 2.59. The molecule has 0 spiro atoms. The average molecular weight is 353 g/mol. The summed E-state index contributed by atoms with van der Waals surface area (Å²) < 4.78 is 25.8. The summed E-state index contributed by atoms with van der Waals surface area (Å²) in [6.45, 7) is 3.68. The summed E-state index contributed by atoms with van der Waals surface area (Å²) in [5.74, 6) is 0.000639. The Hall–Kier alpha value is -1.40. The maximum absolute atomic E-state index is 12.1. The van der Waals surface area contributed by atoms with Gasteiger partial charge in [0.25, 0.3) is 0 Å². The molecule has 134 valence electrons. The van der Waals surface area contributed by atoms with Gasteiger partial charge in [-0.25, -0.2) is 13.1 Å². The Balaban J connectivity index is 1.75. The second-order valence-electron chi connectivity index (χ2n) is 6.64. The molecule has 0 saturated carbocycles. The zero-order valence-corrected chi connectivity index (χ0v) is 15.4. The lowest BCUT2D eigenvalue weighted by molar-refractivity contribution is -0.116. The molecular formula is C18H28N2O3S. The summed E-state index contributed by atoms with van der Waals surface area (Å²) in [7, 11) is -3.21. The number of rotatable bonds is 8. The summed E-state index contributed by atoms with van der Waals surface area (Å²) in [6, 6.07) is 6.12. The monoisotopic (exact) mass is 352 g/mol. The molecule has 0 radical (unpaired) electrons. The van der Waals surface area contributed by atoms with E-state index >= 15 is 0 Å². The number of carbonyl (C=O) groups excluding carboxylic acids is 1. The first-order valence-corrected chi connectivity index (χ1v) is 10.3. The number of anilines is 1. The molecule has 1 aromatic rings. The Morgan fingerprint density at radius 1 is 1.17 bits per heavy atom. The summed E-state index contributed by atoms with van der Waals surface area (Å²) in [4.78, 5) is 12.1. The molecule has 0 fully saturated rings. The first-order valence-electron chi connectivity index (χ1n) is 8.79. The van der Waals surface area contributed by atoms with Crippen LogP contribution in [0.2, 0.25) is 0 Å². The highest BCUT2D eigenvalue weighted by Gasteiger charge is 2.15. The van der Waals surface area contributed by atoms with Crippen LogP contribution >= 0.6 is 0 Å². The van der Waals surface area contributed by atoms with Crippen molar-refractivity contribution in [2.24, 2.45) is 0 Å². The smallest absolute Gasteiger partial charge is 0.224 e. The molecule has 0 heterocycles. The third kappa shape index (κ3) is 5.31. The van der Waals surface area contributed by atoms with Crippen molar-refractivity contribution >= 4 is 21.6 Å². The van der Waals surface area contributed by atoms with Crippen LogP contribution in [0, 0.1) is 0 Å². The molecule has 0 saturated heterocycles. The van der Waals surface area contributed by atoms with Crippen molar-refractivity contribution in [3.63, 3.8) is 0 Å². The molecular weight excluding hydrogens is 324 g/mol. The first kappa shape index (κ1) is 18.9. The molecule has 24 heavy (non-hydrogen) atoms. The number of hydrogen-bond acceptors (Lipinski definition) is 3. The van der Waals surface area contributed by atoms with Gasteiger partial charge in [0.15, 0.2) is 0 Å². The third-order valence-electron chi connectivity index (χ3n) is 4.42. The minimum Gasteiger partial charge on any atom is -0.326 e. The van der Waals surface area contributed by atoms with Crippen molar-refractivity contribution < 1.29 is 13.2 Å². The molecule has 1 aromatic carbocycles. The highest BCUT2D eigenvalue weighted by atomic mass is 32.2. The van der Waals surface area contributed by atoms with Gasteiger partial charge in [-0.05, 0) is 69.6 Å². The fraction of sp³-hybridized carbons (Fsp3) is 0.611. The van der Waals surface area contributed by atoms with Gasteiger partial charge in [0.2, 0.25) is 15.9 Å². The number of fused-ring (bicyclic) bond motifs is 1. The Morgan fingerprint density at radius 2 is 1.92 bits per heavy atom. The van der Waals surface area contributed by atoms with E-state index < -0.39 is 15.3 Å². The molecule has 0 aliphatic heterocycles. The van der Waals surface area contributed by atoms with Crippen LogP contribution in [0.5, 0.6) is 0 Å². The Labute approximate surface area is 145 Å². The molecule has 0 unspecified atom stereocenters. The zero-order chi connectivity index (χ0) is 17.6. The van der Waals surface area contributed by atoms with Crippen LogP contribution in [0.25, 0.3) is 0 Å². The van der Waals surface area contributed by atoms with Gasteiger partial charge in [-0.15, -0.1) is 0 Å². The van der Waals surface area contributed by atoms with E-state index in [2.05, 4.69) is 16.1 Å². The molecule has 0 aromatic heterocycles. The van der Waals surface area contributed by atoms with Crippen LogP contribution in [0.1, 0.15) is 57.1 Å². The number of nitrogens with one attached hydrogen (secondary N) is 2. The van der Waals surface area contributed by atoms with Gasteiger partial charge in [0.1, 0.15) is 0 Å². The van der Waals surface area contributed by atoms with Gasteiger partial charge in [-0.3, -0.25) is 4.79 Å². The zero-order valence-electron chi connectivity index (χ0n) is 14.6. The molecule has 5 nitrogen and oxygen atoms in total. The SMILES string of the molecule is CC(C)S(=O)(=O)NCCCCC(=O)Nc1cccc2c1CCCC2. The fourth-order valence-electron chi connectivity index (χ4n) is 2.90. The van der Waals surface area contributed by atoms with E-state index in [0.717, 1.165) is 18.5 Å². The lowest BCUT2D eigenvalue weighted by Crippen LogP contribution is -2.31. The van der Waals surface area contributed by atoms with Crippen LogP contribution in [-0.2, 0) is 27.7 Å². The van der Waals surface area contributed by atoms with E-state index in [9.17, 15) is 13.2 Å². The normalized spacial score (nSPS) is 14.5. The lowest BCUT2D eigenvalue weighted by Gasteiger charge is -2.19. The van der Waals surface area contributed by atoms with Gasteiger partial charge < -0.3 is 5.32 Å². The van der Waals surface area contributed by atoms with Crippen molar-refractivity contribution in [3.05, 3.63) is 29.3 Å². The van der Waals surface area contributed by atoms with E-state index in [1.807, 2.05) is 12.1 Å². The number of aryl methyl sites for hydroxylation is 1. The van der Waals surface area contributed by atoms with E-state index in [-0.39, 0.29) is 5.91 Å². The molecule has 2 N–H and O–H groups in total. The standard InChI is InChI=1S/C18H28N2O3S/c1-14(2)24(22,23)19-13-6-5-12-18(21)20-17-11-7-9-15-8-3-4-10-16(15)17/h7,9,11,14,19H,3-6,8,10,12-13H2,1-2H3,(H,20,21). The van der Waals surface area contributed by atoms with Gasteiger partial charge in [-0.2, -0.15) is 0 Å². The quantitative estimate of drug-likeness (QED) is 0.706. The van der Waals surface area contributed by atoms with Gasteiger partial charge >= 0.3 is 0 Å². The number of benzene rings is 1. The summed E-state index contributed by atoms with van der Waals surface area (Å²) in [6.07, 6.45) is 6.26. The van der Waals surface area contributed by atoms with Crippen molar-refractivity contribution in [1.29, 1.82) is 0 Å². The Kier molecular flexibility index (Phi) is 6.80. The fourth-order valence-corrected chi connectivity index (χ4v) is 3.66. The number of sulfonamides is 1. The number of hydrogen-bond donors (Lipinski definition) is 2. The Morgan fingerprint density at radius 3 is 2.67 bits per heavy atom. The van der Waals surface area contributed by atoms with Crippen molar-refractivity contribution in [3.8, 4) is 0 Å². The van der Waals surface area contributed by atoms with Crippen molar-refractivity contribution in [1.82, 2.24) is 4.72 Å². The van der Waals surface area contributed by atoms with Crippen molar-refractivity contribution in [2.45, 2.75) is 64.0 Å². The van der Waals surface area contributed by atoms with Crippen LogP contribution in [-0.4, -0.2) is 26.1 Å². The number of carbonyl (C=O) groups is 1. The van der Waals surface area contributed by atoms with E-state index in [4.69, 9.17) is 0 Å². The maximum Gasteiger partial charge on any atom is 0.224 e. The second-order valence-corrected chi connectivity index (χ2v) is 8.97. The third-order valence-corrected chi connectivity index (χ3v) is 6.27. The second kappa shape index (κ2) is 8.62. The molecule has 1 aliphatic carbocycles. The predicted molar refractivity (Wildman–Crippen MR) is 97.6 cm³/mol. The molecule has 0 atom stereocenters. The number of unbranched alkanes of at least 4 members (excludes halogenated alkanes) is 1.